The Kier molecular flexibility index (Phi) is 32.4. The van der Waals surface area contributed by atoms with Crippen molar-refractivity contribution < 1.29 is 15.0 Å². The van der Waals surface area contributed by atoms with E-state index in [-0.39, 0.29) is 12.5 Å². The van der Waals surface area contributed by atoms with Crippen molar-refractivity contribution in [3.05, 3.63) is 0 Å². The van der Waals surface area contributed by atoms with Gasteiger partial charge in [0.15, 0.2) is 0 Å². The van der Waals surface area contributed by atoms with Crippen molar-refractivity contribution in [2.75, 3.05) is 6.61 Å². The van der Waals surface area contributed by atoms with E-state index in [1.807, 2.05) is 0 Å². The number of nitrogens with one attached hydrogen (secondary N) is 1. The molecule has 2 atom stereocenters. The second-order valence-corrected chi connectivity index (χ2v) is 12.7. The molecule has 0 heterocycles. The van der Waals surface area contributed by atoms with Crippen LogP contribution in [0.3, 0.4) is 0 Å². The minimum absolute atomic E-state index is 0.0304. The number of unbranched alkanes of at least 4 members (excludes halogenated alkanes) is 26. The van der Waals surface area contributed by atoms with E-state index < -0.39 is 12.1 Å². The molecule has 2 unspecified atom stereocenters. The zero-order valence-corrected chi connectivity index (χ0v) is 27.4. The quantitative estimate of drug-likeness (QED) is 0.0691. The van der Waals surface area contributed by atoms with Gasteiger partial charge in [0.1, 0.15) is 0 Å². The summed E-state index contributed by atoms with van der Waals surface area (Å²) < 4.78 is 0. The molecule has 0 bridgehead atoms. The summed E-state index contributed by atoms with van der Waals surface area (Å²) in [4.78, 5) is 12.3. The Morgan fingerprint density at radius 1 is 0.500 bits per heavy atom. The Hall–Kier alpha value is -0.610. The minimum atomic E-state index is -0.649. The molecule has 40 heavy (non-hydrogen) atoms. The molecular weight excluding hydrogens is 494 g/mol. The number of amides is 1. The fourth-order valence-corrected chi connectivity index (χ4v) is 5.77. The summed E-state index contributed by atoms with van der Waals surface area (Å²) in [7, 11) is 0. The Balaban J connectivity index is 3.47. The van der Waals surface area contributed by atoms with Crippen molar-refractivity contribution in [2.24, 2.45) is 0 Å². The van der Waals surface area contributed by atoms with Gasteiger partial charge in [-0.2, -0.15) is 0 Å². The summed E-state index contributed by atoms with van der Waals surface area (Å²) in [5.74, 6) is -0.0304. The molecule has 0 spiro atoms. The molecule has 0 aromatic carbocycles. The minimum Gasteiger partial charge on any atom is -0.394 e. The van der Waals surface area contributed by atoms with Gasteiger partial charge < -0.3 is 15.5 Å². The van der Waals surface area contributed by atoms with Crippen LogP contribution in [0.1, 0.15) is 206 Å². The lowest BCUT2D eigenvalue weighted by molar-refractivity contribution is -0.123. The van der Waals surface area contributed by atoms with Gasteiger partial charge in [-0.1, -0.05) is 187 Å². The van der Waals surface area contributed by atoms with Crippen LogP contribution in [0.4, 0.5) is 0 Å². The number of rotatable bonds is 33. The zero-order valence-electron chi connectivity index (χ0n) is 27.4. The van der Waals surface area contributed by atoms with Crippen molar-refractivity contribution in [3.8, 4) is 0 Å². The zero-order chi connectivity index (χ0) is 29.4. The van der Waals surface area contributed by atoms with Crippen LogP contribution >= 0.6 is 0 Å². The van der Waals surface area contributed by atoms with Crippen LogP contribution in [0.25, 0.3) is 0 Å². The second-order valence-electron chi connectivity index (χ2n) is 12.7. The number of hydrogen-bond donors (Lipinski definition) is 3. The fourth-order valence-electron chi connectivity index (χ4n) is 5.77. The molecule has 0 aromatic rings. The number of aliphatic hydroxyl groups is 2. The average molecular weight is 568 g/mol. The maximum absolute atomic E-state index is 12.3. The molecular formula is C36H73NO3. The van der Waals surface area contributed by atoms with E-state index in [0.29, 0.717) is 12.8 Å². The van der Waals surface area contributed by atoms with E-state index in [9.17, 15) is 15.0 Å². The number of hydrogen-bond acceptors (Lipinski definition) is 3. The first-order valence-corrected chi connectivity index (χ1v) is 18.2. The topological polar surface area (TPSA) is 69.6 Å². The third kappa shape index (κ3) is 28.9. The molecule has 3 N–H and O–H groups in total. The lowest BCUT2D eigenvalue weighted by Gasteiger charge is -2.22. The molecule has 4 heteroatoms. The Bertz CT molecular complexity index is 498. The standard InChI is InChI=1S/C36H73NO3/c1-3-5-7-9-11-13-14-15-16-17-18-19-20-21-22-24-26-28-30-32-36(40)37-34(33-38)35(39)31-29-27-25-23-12-10-8-6-4-2/h34-35,38-39H,3-33H2,1-2H3,(H,37,40). The molecule has 4 nitrogen and oxygen atoms in total. The SMILES string of the molecule is CCCCCCCCCCCCCCCCCCCCCC(=O)NC(CO)C(O)CCCCCCCCCCC. The Labute approximate surface area is 251 Å². The van der Waals surface area contributed by atoms with Crippen molar-refractivity contribution in [1.82, 2.24) is 5.32 Å². The molecule has 0 aliphatic carbocycles. The predicted molar refractivity (Wildman–Crippen MR) is 175 cm³/mol. The van der Waals surface area contributed by atoms with Crippen molar-refractivity contribution >= 4 is 5.91 Å². The van der Waals surface area contributed by atoms with Crippen LogP contribution in [0.15, 0.2) is 0 Å². The summed E-state index contributed by atoms with van der Waals surface area (Å²) in [5.41, 5.74) is 0. The predicted octanol–water partition coefficient (Wildman–Crippen LogP) is 10.6. The van der Waals surface area contributed by atoms with Gasteiger partial charge >= 0.3 is 0 Å². The first-order valence-electron chi connectivity index (χ1n) is 18.2. The smallest absolute Gasteiger partial charge is 0.220 e. The van der Waals surface area contributed by atoms with Gasteiger partial charge in [0.2, 0.25) is 5.91 Å². The van der Waals surface area contributed by atoms with Crippen LogP contribution in [0, 0.1) is 0 Å². The maximum Gasteiger partial charge on any atom is 0.220 e. The van der Waals surface area contributed by atoms with E-state index in [0.717, 1.165) is 25.7 Å². The van der Waals surface area contributed by atoms with Gasteiger partial charge in [0.25, 0.3) is 0 Å². The molecule has 240 valence electrons. The summed E-state index contributed by atoms with van der Waals surface area (Å²) in [6.45, 7) is 4.34. The van der Waals surface area contributed by atoms with Gasteiger partial charge in [-0.3, -0.25) is 4.79 Å². The summed E-state index contributed by atoms with van der Waals surface area (Å²) in [6, 6.07) is -0.526. The van der Waals surface area contributed by atoms with Gasteiger partial charge in [0, 0.05) is 6.42 Å². The highest BCUT2D eigenvalue weighted by Gasteiger charge is 2.19. The molecule has 0 saturated carbocycles. The van der Waals surface area contributed by atoms with E-state index in [4.69, 9.17) is 0 Å². The second kappa shape index (κ2) is 32.9. The van der Waals surface area contributed by atoms with Crippen molar-refractivity contribution in [3.63, 3.8) is 0 Å². The van der Waals surface area contributed by atoms with Crippen LogP contribution in [0.2, 0.25) is 0 Å². The first-order chi connectivity index (χ1) is 19.7. The van der Waals surface area contributed by atoms with Gasteiger partial charge in [-0.25, -0.2) is 0 Å². The molecule has 0 fully saturated rings. The molecule has 0 aliphatic heterocycles. The lowest BCUT2D eigenvalue weighted by Crippen LogP contribution is -2.45. The number of carbonyl (C=O) groups excluding carboxylic acids is 1. The molecule has 0 aromatic heterocycles. The monoisotopic (exact) mass is 568 g/mol. The van der Waals surface area contributed by atoms with Crippen molar-refractivity contribution in [1.29, 1.82) is 0 Å². The number of aliphatic hydroxyl groups excluding tert-OH is 2. The van der Waals surface area contributed by atoms with E-state index in [2.05, 4.69) is 19.2 Å². The highest BCUT2D eigenvalue weighted by Crippen LogP contribution is 2.16. The maximum atomic E-state index is 12.3. The van der Waals surface area contributed by atoms with Gasteiger partial charge in [0.05, 0.1) is 18.8 Å². The molecule has 1 amide bonds. The Morgan fingerprint density at radius 3 is 1.12 bits per heavy atom. The Morgan fingerprint density at radius 2 is 0.800 bits per heavy atom. The van der Waals surface area contributed by atoms with Crippen LogP contribution in [-0.4, -0.2) is 34.9 Å². The van der Waals surface area contributed by atoms with E-state index in [1.165, 1.54) is 154 Å². The third-order valence-electron chi connectivity index (χ3n) is 8.62. The number of carbonyl (C=O) groups is 1. The molecule has 0 rings (SSSR count). The normalized spacial score (nSPS) is 13.0. The molecule has 0 saturated heterocycles. The largest absolute Gasteiger partial charge is 0.394 e. The summed E-state index contributed by atoms with van der Waals surface area (Å²) in [6.07, 6.45) is 37.3. The van der Waals surface area contributed by atoms with Gasteiger partial charge in [-0.05, 0) is 12.8 Å². The average Bonchev–Trinajstić information content (AvgIpc) is 2.96. The van der Waals surface area contributed by atoms with Gasteiger partial charge in [-0.15, -0.1) is 0 Å². The van der Waals surface area contributed by atoms with Crippen LogP contribution in [-0.2, 0) is 4.79 Å². The molecule has 0 aliphatic rings. The van der Waals surface area contributed by atoms with E-state index in [1.54, 1.807) is 0 Å². The first kappa shape index (κ1) is 39.4. The fraction of sp³-hybridized carbons (Fsp3) is 0.972. The molecule has 0 radical (unpaired) electrons. The highest BCUT2D eigenvalue weighted by atomic mass is 16.3. The lowest BCUT2D eigenvalue weighted by atomic mass is 10.0. The summed E-state index contributed by atoms with van der Waals surface area (Å²) in [5, 5.41) is 22.9. The van der Waals surface area contributed by atoms with Crippen molar-refractivity contribution in [2.45, 2.75) is 219 Å². The van der Waals surface area contributed by atoms with Crippen LogP contribution in [0.5, 0.6) is 0 Å². The van der Waals surface area contributed by atoms with Crippen LogP contribution < -0.4 is 5.32 Å². The van der Waals surface area contributed by atoms with E-state index >= 15 is 0 Å². The highest BCUT2D eigenvalue weighted by molar-refractivity contribution is 5.76. The third-order valence-corrected chi connectivity index (χ3v) is 8.62. The summed E-state index contributed by atoms with van der Waals surface area (Å²) >= 11 is 0.